The quantitative estimate of drug-likeness (QED) is 0.559. The van der Waals surface area contributed by atoms with Crippen LogP contribution in [0.1, 0.15) is 11.1 Å². The molecule has 0 bridgehead atoms. The number of benzene rings is 1. The Kier molecular flexibility index (Phi) is 3.89. The highest BCUT2D eigenvalue weighted by atomic mass is 16.5. The van der Waals surface area contributed by atoms with Crippen LogP contribution >= 0.6 is 0 Å². The minimum atomic E-state index is 0.260. The van der Waals surface area contributed by atoms with Crippen molar-refractivity contribution in [1.29, 1.82) is 0 Å². The monoisotopic (exact) mass is 207 g/mol. The summed E-state index contributed by atoms with van der Waals surface area (Å²) >= 11 is 0. The summed E-state index contributed by atoms with van der Waals surface area (Å²) in [5.41, 5.74) is 1.77. The van der Waals surface area contributed by atoms with Gasteiger partial charge in [0.2, 0.25) is 6.08 Å². The second-order valence-corrected chi connectivity index (χ2v) is 2.98. The number of aliphatic imine (C=N–C) groups is 1. The molecule has 0 heterocycles. The number of ether oxygens (including phenoxy) is 2. The number of methoxy groups -OCH3 is 2. The Morgan fingerprint density at radius 3 is 2.40 bits per heavy atom. The van der Waals surface area contributed by atoms with Crippen molar-refractivity contribution in [2.24, 2.45) is 4.99 Å². The molecule has 0 unspecified atom stereocenters. The van der Waals surface area contributed by atoms with Crippen molar-refractivity contribution in [2.45, 2.75) is 13.5 Å². The summed E-state index contributed by atoms with van der Waals surface area (Å²) < 4.78 is 10.3. The van der Waals surface area contributed by atoms with Gasteiger partial charge < -0.3 is 9.47 Å². The van der Waals surface area contributed by atoms with Crippen LogP contribution in [-0.2, 0) is 11.3 Å². The Hall–Kier alpha value is -1.80. The van der Waals surface area contributed by atoms with Crippen LogP contribution in [0.5, 0.6) is 11.5 Å². The van der Waals surface area contributed by atoms with Gasteiger partial charge in [0.15, 0.2) is 0 Å². The average molecular weight is 207 g/mol. The first kappa shape index (κ1) is 11.3. The van der Waals surface area contributed by atoms with Gasteiger partial charge in [0.1, 0.15) is 11.5 Å². The SMILES string of the molecule is COc1ccc(OC)c(CN=C=O)c1C. The van der Waals surface area contributed by atoms with E-state index in [-0.39, 0.29) is 6.54 Å². The van der Waals surface area contributed by atoms with Gasteiger partial charge in [-0.3, -0.25) is 0 Å². The lowest BCUT2D eigenvalue weighted by atomic mass is 10.1. The van der Waals surface area contributed by atoms with Crippen molar-refractivity contribution in [2.75, 3.05) is 14.2 Å². The largest absolute Gasteiger partial charge is 0.496 e. The number of carbonyl (C=O) groups excluding carboxylic acids is 1. The summed E-state index contributed by atoms with van der Waals surface area (Å²) in [4.78, 5) is 13.6. The number of isocyanates is 1. The second-order valence-electron chi connectivity index (χ2n) is 2.98. The molecule has 80 valence electrons. The normalized spacial score (nSPS) is 9.27. The Labute approximate surface area is 88.5 Å². The van der Waals surface area contributed by atoms with E-state index in [1.54, 1.807) is 20.3 Å². The molecule has 0 atom stereocenters. The summed E-state index contributed by atoms with van der Waals surface area (Å²) in [5, 5.41) is 0. The van der Waals surface area contributed by atoms with E-state index in [4.69, 9.17) is 9.47 Å². The van der Waals surface area contributed by atoms with Crippen molar-refractivity contribution in [3.63, 3.8) is 0 Å². The lowest BCUT2D eigenvalue weighted by molar-refractivity contribution is 0.396. The Bertz CT molecular complexity index is 395. The van der Waals surface area contributed by atoms with Gasteiger partial charge in [0.05, 0.1) is 20.8 Å². The molecule has 1 aromatic carbocycles. The van der Waals surface area contributed by atoms with Crippen LogP contribution in [0.25, 0.3) is 0 Å². The van der Waals surface area contributed by atoms with Crippen LogP contribution in [0.15, 0.2) is 17.1 Å². The van der Waals surface area contributed by atoms with Crippen LogP contribution < -0.4 is 9.47 Å². The molecule has 0 aliphatic rings. The number of nitrogens with zero attached hydrogens (tertiary/aromatic N) is 1. The number of rotatable bonds is 4. The topological polar surface area (TPSA) is 47.9 Å². The van der Waals surface area contributed by atoms with Crippen LogP contribution in [0.2, 0.25) is 0 Å². The zero-order valence-corrected chi connectivity index (χ0v) is 9.03. The van der Waals surface area contributed by atoms with Gasteiger partial charge in [0.25, 0.3) is 0 Å². The second kappa shape index (κ2) is 5.17. The van der Waals surface area contributed by atoms with Gasteiger partial charge in [-0.15, -0.1) is 0 Å². The fourth-order valence-corrected chi connectivity index (χ4v) is 1.43. The Balaban J connectivity index is 3.21. The van der Waals surface area contributed by atoms with E-state index in [1.807, 2.05) is 13.0 Å². The van der Waals surface area contributed by atoms with E-state index in [0.29, 0.717) is 5.75 Å². The molecular weight excluding hydrogens is 194 g/mol. The maximum Gasteiger partial charge on any atom is 0.235 e. The molecule has 1 aromatic rings. The van der Waals surface area contributed by atoms with Gasteiger partial charge in [0, 0.05) is 5.56 Å². The molecule has 4 heteroatoms. The number of hydrogen-bond acceptors (Lipinski definition) is 4. The van der Waals surface area contributed by atoms with E-state index in [1.165, 1.54) is 6.08 Å². The fraction of sp³-hybridized carbons (Fsp3) is 0.364. The molecule has 4 nitrogen and oxygen atoms in total. The minimum Gasteiger partial charge on any atom is -0.496 e. The molecule has 0 aromatic heterocycles. The smallest absolute Gasteiger partial charge is 0.235 e. The summed E-state index contributed by atoms with van der Waals surface area (Å²) in [5.74, 6) is 1.46. The van der Waals surface area contributed by atoms with Crippen LogP contribution in [0.4, 0.5) is 0 Å². The lowest BCUT2D eigenvalue weighted by Gasteiger charge is -2.12. The first-order valence-electron chi connectivity index (χ1n) is 4.48. The molecule has 0 aliphatic heterocycles. The zero-order valence-electron chi connectivity index (χ0n) is 9.03. The molecule has 0 spiro atoms. The fourth-order valence-electron chi connectivity index (χ4n) is 1.43. The van der Waals surface area contributed by atoms with Crippen LogP contribution in [-0.4, -0.2) is 20.3 Å². The van der Waals surface area contributed by atoms with Gasteiger partial charge in [-0.2, -0.15) is 0 Å². The Morgan fingerprint density at radius 2 is 1.87 bits per heavy atom. The van der Waals surface area contributed by atoms with Crippen molar-refractivity contribution in [3.8, 4) is 11.5 Å². The molecule has 0 radical (unpaired) electrons. The van der Waals surface area contributed by atoms with E-state index in [9.17, 15) is 4.79 Å². The molecule has 0 saturated heterocycles. The lowest BCUT2D eigenvalue weighted by Crippen LogP contribution is -1.97. The summed E-state index contributed by atoms with van der Waals surface area (Å²) in [6.07, 6.45) is 1.51. The first-order chi connectivity index (χ1) is 7.24. The summed E-state index contributed by atoms with van der Waals surface area (Å²) in [6.45, 7) is 2.16. The van der Waals surface area contributed by atoms with Gasteiger partial charge in [-0.05, 0) is 24.6 Å². The highest BCUT2D eigenvalue weighted by Gasteiger charge is 2.10. The van der Waals surface area contributed by atoms with Gasteiger partial charge in [-0.25, -0.2) is 9.79 Å². The van der Waals surface area contributed by atoms with E-state index in [0.717, 1.165) is 16.9 Å². The standard InChI is InChI=1S/C11H13NO3/c1-8-9(6-12-7-13)11(15-3)5-4-10(8)14-2/h4-5H,6H2,1-3H3. The van der Waals surface area contributed by atoms with Gasteiger partial charge >= 0.3 is 0 Å². The first-order valence-corrected chi connectivity index (χ1v) is 4.48. The maximum atomic E-state index is 10.1. The van der Waals surface area contributed by atoms with Crippen molar-refractivity contribution in [3.05, 3.63) is 23.3 Å². The van der Waals surface area contributed by atoms with Gasteiger partial charge in [-0.1, -0.05) is 0 Å². The summed E-state index contributed by atoms with van der Waals surface area (Å²) in [7, 11) is 3.18. The van der Waals surface area contributed by atoms with E-state index < -0.39 is 0 Å². The van der Waals surface area contributed by atoms with E-state index >= 15 is 0 Å². The maximum absolute atomic E-state index is 10.1. The molecule has 0 saturated carbocycles. The summed E-state index contributed by atoms with van der Waals surface area (Å²) in [6, 6.07) is 3.61. The molecule has 0 fully saturated rings. The van der Waals surface area contributed by atoms with E-state index in [2.05, 4.69) is 4.99 Å². The molecule has 1 rings (SSSR count). The van der Waals surface area contributed by atoms with Crippen LogP contribution in [0, 0.1) is 6.92 Å². The third kappa shape index (κ3) is 2.36. The minimum absolute atomic E-state index is 0.260. The van der Waals surface area contributed by atoms with Crippen molar-refractivity contribution >= 4 is 6.08 Å². The molecule has 15 heavy (non-hydrogen) atoms. The predicted octanol–water partition coefficient (Wildman–Crippen LogP) is 1.85. The molecule has 0 aliphatic carbocycles. The Morgan fingerprint density at radius 1 is 1.27 bits per heavy atom. The third-order valence-electron chi connectivity index (χ3n) is 2.25. The highest BCUT2D eigenvalue weighted by Crippen LogP contribution is 2.29. The number of hydrogen-bond donors (Lipinski definition) is 0. The molecular formula is C11H13NO3. The van der Waals surface area contributed by atoms with Crippen LogP contribution in [0.3, 0.4) is 0 Å². The zero-order chi connectivity index (χ0) is 11.3. The van der Waals surface area contributed by atoms with Crippen molar-refractivity contribution < 1.29 is 14.3 Å². The molecule has 0 N–H and O–H groups in total. The third-order valence-corrected chi connectivity index (χ3v) is 2.25. The van der Waals surface area contributed by atoms with Crippen molar-refractivity contribution in [1.82, 2.24) is 0 Å². The molecule has 0 amide bonds. The highest BCUT2D eigenvalue weighted by molar-refractivity contribution is 5.48. The predicted molar refractivity (Wildman–Crippen MR) is 56.1 cm³/mol. The average Bonchev–Trinajstić information content (AvgIpc) is 2.27.